The van der Waals surface area contributed by atoms with Gasteiger partial charge in [-0.2, -0.15) is 4.98 Å². The first kappa shape index (κ1) is 29.5. The molecule has 0 unspecified atom stereocenters. The van der Waals surface area contributed by atoms with Crippen molar-refractivity contribution in [2.45, 2.75) is 45.7 Å². The smallest absolute Gasteiger partial charge is 0.353 e. The van der Waals surface area contributed by atoms with E-state index in [-0.39, 0.29) is 40.6 Å². The molecule has 1 saturated heterocycles. The number of rotatable bonds is 3. The Morgan fingerprint density at radius 3 is 2.67 bits per heavy atom. The molecule has 5 aromatic rings. The van der Waals surface area contributed by atoms with Crippen molar-refractivity contribution in [3.05, 3.63) is 101 Å². The van der Waals surface area contributed by atoms with Crippen molar-refractivity contribution in [3.8, 4) is 28.1 Å². The average molecular weight is 622 g/mol. The fraction of sp³-hybridized carbons (Fsp3) is 0.286. The molecule has 0 spiro atoms. The zero-order valence-electron chi connectivity index (χ0n) is 25.9. The van der Waals surface area contributed by atoms with Gasteiger partial charge in [0.05, 0.1) is 16.8 Å². The summed E-state index contributed by atoms with van der Waals surface area (Å²) >= 11 is 0. The number of hydrogen-bond acceptors (Lipinski definition) is 6. The molecule has 11 heteroatoms. The van der Waals surface area contributed by atoms with E-state index in [0.29, 0.717) is 54.9 Å². The maximum Gasteiger partial charge on any atom is 0.355 e. The van der Waals surface area contributed by atoms with Crippen LogP contribution in [0.4, 0.5) is 14.6 Å². The highest BCUT2D eigenvalue weighted by molar-refractivity contribution is 5.93. The van der Waals surface area contributed by atoms with Gasteiger partial charge in [0.2, 0.25) is 5.91 Å². The molecule has 234 valence electrons. The van der Waals surface area contributed by atoms with Gasteiger partial charge in [0, 0.05) is 61.9 Å². The van der Waals surface area contributed by atoms with Gasteiger partial charge in [0.1, 0.15) is 17.3 Å². The van der Waals surface area contributed by atoms with E-state index in [1.807, 2.05) is 54.8 Å². The Balaban J connectivity index is 1.57. The van der Waals surface area contributed by atoms with E-state index in [0.717, 1.165) is 11.1 Å². The molecule has 0 aliphatic carbocycles. The minimum atomic E-state index is -0.745. The van der Waals surface area contributed by atoms with E-state index in [2.05, 4.69) is 16.5 Å². The van der Waals surface area contributed by atoms with Crippen molar-refractivity contribution >= 4 is 22.8 Å². The van der Waals surface area contributed by atoms with E-state index in [1.54, 1.807) is 23.2 Å². The molecule has 4 aromatic heterocycles. The van der Waals surface area contributed by atoms with Crippen LogP contribution in [0.1, 0.15) is 37.9 Å². The van der Waals surface area contributed by atoms with E-state index in [9.17, 15) is 9.59 Å². The molecule has 9 nitrogen and oxygen atoms in total. The summed E-state index contributed by atoms with van der Waals surface area (Å²) in [6.45, 7) is 11.2. The predicted molar refractivity (Wildman–Crippen MR) is 173 cm³/mol. The lowest BCUT2D eigenvalue weighted by atomic mass is 9.98. The van der Waals surface area contributed by atoms with Crippen LogP contribution >= 0.6 is 0 Å². The fourth-order valence-electron chi connectivity index (χ4n) is 6.69. The zero-order chi connectivity index (χ0) is 32.3. The summed E-state index contributed by atoms with van der Waals surface area (Å²) in [7, 11) is 0. The standard InChI is InChI=1S/C35H33F2N7O2/c1-5-28(45)42-15-16-43(21(4)18-42)33-25-17-27(37)31-29-24(7-6-8-26(29)36)23-11-14-41(19-23)13-10-22-9-12-38-30(20(2)3)32(22)44(34(25)39-31)35(46)40-33/h5-9,11-12,14,17,19-21H,1,10,13,15-16,18H2,2-4H3/t21-/m0/s1. The normalized spacial score (nSPS) is 16.1. The maximum absolute atomic E-state index is 16.4. The Labute approximate surface area is 264 Å². The molecule has 0 radical (unpaired) electrons. The van der Waals surface area contributed by atoms with Crippen LogP contribution in [0.3, 0.4) is 0 Å². The van der Waals surface area contributed by atoms with E-state index in [4.69, 9.17) is 4.98 Å². The maximum atomic E-state index is 16.4. The van der Waals surface area contributed by atoms with Gasteiger partial charge in [-0.25, -0.2) is 23.1 Å². The second kappa shape index (κ2) is 11.3. The Hall–Kier alpha value is -5.19. The summed E-state index contributed by atoms with van der Waals surface area (Å²) in [6.07, 6.45) is 7.39. The Bertz CT molecular complexity index is 2100. The largest absolute Gasteiger partial charge is 0.355 e. The number of carbonyl (C=O) groups excluding carboxylic acids is 1. The number of hydrogen-bond donors (Lipinski definition) is 0. The fourth-order valence-corrected chi connectivity index (χ4v) is 6.69. The molecule has 46 heavy (non-hydrogen) atoms. The van der Waals surface area contributed by atoms with Crippen molar-refractivity contribution in [2.24, 2.45) is 0 Å². The van der Waals surface area contributed by atoms with Crippen LogP contribution in [-0.4, -0.2) is 60.6 Å². The molecule has 2 aliphatic rings. The molecular formula is C35H33F2N7O2. The summed E-state index contributed by atoms with van der Waals surface area (Å²) in [5.41, 5.74) is 2.64. The first-order valence-electron chi connectivity index (χ1n) is 15.4. The molecule has 2 aliphatic heterocycles. The number of carbonyl (C=O) groups is 1. The van der Waals surface area contributed by atoms with Crippen LogP contribution in [0.15, 0.2) is 72.4 Å². The summed E-state index contributed by atoms with van der Waals surface area (Å²) in [4.78, 5) is 44.3. The SMILES string of the molecule is C=CC(=O)N1CCN(c2nc(=O)n3c4nc(c(F)cc24)-c2c(F)cccc2-c2ccn(c2)CCc2ccnc(C(C)C)c2-3)[C@@H](C)C1. The van der Waals surface area contributed by atoms with Crippen molar-refractivity contribution < 1.29 is 13.6 Å². The Morgan fingerprint density at radius 2 is 1.91 bits per heavy atom. The quantitative estimate of drug-likeness (QED) is 0.248. The number of pyridine rings is 2. The summed E-state index contributed by atoms with van der Waals surface area (Å²) in [6, 6.07) is 9.44. The van der Waals surface area contributed by atoms with Gasteiger partial charge in [0.15, 0.2) is 11.5 Å². The zero-order valence-corrected chi connectivity index (χ0v) is 25.9. The number of nitrogens with zero attached hydrogens (tertiary/aromatic N) is 7. The van der Waals surface area contributed by atoms with E-state index < -0.39 is 17.3 Å². The first-order valence-corrected chi connectivity index (χ1v) is 15.4. The highest BCUT2D eigenvalue weighted by Crippen LogP contribution is 2.38. The number of benzene rings is 1. The first-order chi connectivity index (χ1) is 22.2. The lowest BCUT2D eigenvalue weighted by Gasteiger charge is -2.40. The number of anilines is 1. The molecule has 1 fully saturated rings. The molecule has 1 aromatic carbocycles. The molecule has 1 amide bonds. The second-order valence-corrected chi connectivity index (χ2v) is 12.2. The molecule has 0 saturated carbocycles. The summed E-state index contributed by atoms with van der Waals surface area (Å²) in [5, 5.41) is 0.304. The lowest BCUT2D eigenvalue weighted by Crippen LogP contribution is -2.54. The Kier molecular flexibility index (Phi) is 7.26. The number of halogens is 2. The topological polar surface area (TPSA) is 89.2 Å². The third-order valence-electron chi connectivity index (χ3n) is 8.95. The Morgan fingerprint density at radius 1 is 1.09 bits per heavy atom. The highest BCUT2D eigenvalue weighted by Gasteiger charge is 2.31. The minimum Gasteiger partial charge on any atom is -0.353 e. The minimum absolute atomic E-state index is 0.0108. The number of aryl methyl sites for hydroxylation is 2. The number of piperazine rings is 1. The molecule has 0 N–H and O–H groups in total. The van der Waals surface area contributed by atoms with Gasteiger partial charge in [-0.15, -0.1) is 0 Å². The molecule has 6 heterocycles. The van der Waals surface area contributed by atoms with Crippen LogP contribution in [0.2, 0.25) is 0 Å². The average Bonchev–Trinajstić information content (AvgIpc) is 3.52. The third-order valence-corrected chi connectivity index (χ3v) is 8.95. The number of aromatic nitrogens is 5. The lowest BCUT2D eigenvalue weighted by molar-refractivity contribution is -0.126. The molecule has 1 atom stereocenters. The molecular weight excluding hydrogens is 588 g/mol. The van der Waals surface area contributed by atoms with Crippen LogP contribution in [0.25, 0.3) is 39.1 Å². The predicted octanol–water partition coefficient (Wildman–Crippen LogP) is 5.49. The van der Waals surface area contributed by atoms with E-state index >= 15 is 8.78 Å². The highest BCUT2D eigenvalue weighted by atomic mass is 19.1. The monoisotopic (exact) mass is 621 g/mol. The number of amides is 1. The van der Waals surface area contributed by atoms with Crippen molar-refractivity contribution in [1.29, 1.82) is 0 Å². The molecule has 4 bridgehead atoms. The third kappa shape index (κ3) is 4.77. The van der Waals surface area contributed by atoms with Gasteiger partial charge < -0.3 is 14.4 Å². The van der Waals surface area contributed by atoms with Gasteiger partial charge in [-0.1, -0.05) is 32.6 Å². The van der Waals surface area contributed by atoms with Crippen molar-refractivity contribution in [2.75, 3.05) is 24.5 Å². The second-order valence-electron chi connectivity index (χ2n) is 12.2. The van der Waals surface area contributed by atoms with Gasteiger partial charge in [0.25, 0.3) is 0 Å². The van der Waals surface area contributed by atoms with Crippen LogP contribution in [0.5, 0.6) is 0 Å². The van der Waals surface area contributed by atoms with E-state index in [1.165, 1.54) is 22.8 Å². The van der Waals surface area contributed by atoms with Crippen molar-refractivity contribution in [3.63, 3.8) is 0 Å². The van der Waals surface area contributed by atoms with Crippen LogP contribution < -0.4 is 10.6 Å². The summed E-state index contributed by atoms with van der Waals surface area (Å²) in [5.74, 6) is -1.37. The van der Waals surface area contributed by atoms with Gasteiger partial charge >= 0.3 is 5.69 Å². The van der Waals surface area contributed by atoms with Crippen LogP contribution in [-0.2, 0) is 17.8 Å². The number of fused-ring (bicyclic) bond motifs is 8. The summed E-state index contributed by atoms with van der Waals surface area (Å²) < 4.78 is 35.6. The van der Waals surface area contributed by atoms with Gasteiger partial charge in [-0.3, -0.25) is 9.78 Å². The van der Waals surface area contributed by atoms with Crippen LogP contribution in [0, 0.1) is 11.6 Å². The van der Waals surface area contributed by atoms with Gasteiger partial charge in [-0.05, 0) is 60.7 Å². The molecule has 7 rings (SSSR count). The van der Waals surface area contributed by atoms with Crippen molar-refractivity contribution in [1.82, 2.24) is 29.0 Å².